The number of anilines is 1. The lowest BCUT2D eigenvalue weighted by Gasteiger charge is -2.26. The minimum absolute atomic E-state index is 0.00134. The molecule has 1 heterocycles. The summed E-state index contributed by atoms with van der Waals surface area (Å²) in [5.74, 6) is -0.393. The van der Waals surface area contributed by atoms with Gasteiger partial charge in [0.2, 0.25) is 0 Å². The number of nitrogens with one attached hydrogen (secondary N) is 1. The zero-order valence-electron chi connectivity index (χ0n) is 12.2. The molecule has 3 rings (SSSR count). The maximum absolute atomic E-state index is 12.6. The third kappa shape index (κ3) is 2.64. The minimum Gasteiger partial charge on any atom is -0.495 e. The van der Waals surface area contributed by atoms with Gasteiger partial charge >= 0.3 is 16.2 Å². The average Bonchev–Trinajstić information content (AvgIpc) is 3.09. The second-order valence-electron chi connectivity index (χ2n) is 5.73. The Balaban J connectivity index is 1.88. The van der Waals surface area contributed by atoms with Crippen molar-refractivity contribution in [1.82, 2.24) is 4.31 Å². The molecule has 2 aliphatic rings. The van der Waals surface area contributed by atoms with Gasteiger partial charge < -0.3 is 9.84 Å². The van der Waals surface area contributed by atoms with Gasteiger partial charge in [0, 0.05) is 12.6 Å². The summed E-state index contributed by atoms with van der Waals surface area (Å²) in [6, 6.07) is 4.14. The van der Waals surface area contributed by atoms with E-state index in [1.165, 1.54) is 29.6 Å². The van der Waals surface area contributed by atoms with Crippen LogP contribution in [0.4, 0.5) is 5.69 Å². The molecule has 120 valence electrons. The number of ether oxygens (including phenoxy) is 1. The molecule has 0 radical (unpaired) electrons. The number of aromatic carboxylic acids is 1. The van der Waals surface area contributed by atoms with Crippen molar-refractivity contribution in [2.24, 2.45) is 5.92 Å². The monoisotopic (exact) mass is 326 g/mol. The second-order valence-corrected chi connectivity index (χ2v) is 7.35. The van der Waals surface area contributed by atoms with Crippen LogP contribution in [0.3, 0.4) is 0 Å². The van der Waals surface area contributed by atoms with Crippen molar-refractivity contribution in [3.8, 4) is 5.75 Å². The smallest absolute Gasteiger partial charge is 0.335 e. The van der Waals surface area contributed by atoms with Crippen molar-refractivity contribution in [2.45, 2.75) is 25.3 Å². The lowest BCUT2D eigenvalue weighted by molar-refractivity contribution is 0.0697. The highest BCUT2D eigenvalue weighted by atomic mass is 32.2. The molecule has 2 N–H and O–H groups in total. The normalized spacial score (nSPS) is 24.4. The van der Waals surface area contributed by atoms with Gasteiger partial charge in [-0.15, -0.1) is 0 Å². The Labute approximate surface area is 129 Å². The van der Waals surface area contributed by atoms with E-state index in [0.717, 1.165) is 19.3 Å². The first kappa shape index (κ1) is 15.1. The van der Waals surface area contributed by atoms with Gasteiger partial charge in [-0.25, -0.2) is 4.79 Å². The van der Waals surface area contributed by atoms with Crippen molar-refractivity contribution in [1.29, 1.82) is 0 Å². The van der Waals surface area contributed by atoms with Crippen LogP contribution in [-0.4, -0.2) is 43.5 Å². The van der Waals surface area contributed by atoms with Crippen molar-refractivity contribution < 1.29 is 23.1 Å². The number of carboxylic acids is 1. The third-order valence-electron chi connectivity index (χ3n) is 4.35. The van der Waals surface area contributed by atoms with Gasteiger partial charge in [0.1, 0.15) is 5.75 Å². The first-order valence-electron chi connectivity index (χ1n) is 7.11. The van der Waals surface area contributed by atoms with Crippen molar-refractivity contribution >= 4 is 21.9 Å². The maximum Gasteiger partial charge on any atom is 0.335 e. The number of hydrogen-bond donors (Lipinski definition) is 2. The summed E-state index contributed by atoms with van der Waals surface area (Å²) in [6.45, 7) is 0.529. The van der Waals surface area contributed by atoms with Gasteiger partial charge in [-0.05, 0) is 43.4 Å². The largest absolute Gasteiger partial charge is 0.495 e. The van der Waals surface area contributed by atoms with Gasteiger partial charge in [-0.3, -0.25) is 4.72 Å². The number of fused-ring (bicyclic) bond motifs is 2. The van der Waals surface area contributed by atoms with Crippen molar-refractivity contribution in [2.75, 3.05) is 18.4 Å². The van der Waals surface area contributed by atoms with Crippen LogP contribution in [0.5, 0.6) is 5.75 Å². The fourth-order valence-electron chi connectivity index (χ4n) is 3.29. The summed E-state index contributed by atoms with van der Waals surface area (Å²) in [6.07, 6.45) is 2.87. The fraction of sp³-hybridized carbons (Fsp3) is 0.500. The Morgan fingerprint density at radius 1 is 1.41 bits per heavy atom. The molecule has 2 fully saturated rings. The van der Waals surface area contributed by atoms with E-state index in [1.807, 2.05) is 0 Å². The van der Waals surface area contributed by atoms with Crippen LogP contribution < -0.4 is 9.46 Å². The zero-order valence-corrected chi connectivity index (χ0v) is 13.0. The first-order chi connectivity index (χ1) is 10.4. The van der Waals surface area contributed by atoms with E-state index in [0.29, 0.717) is 12.5 Å². The molecule has 1 aliphatic carbocycles. The quantitative estimate of drug-likeness (QED) is 0.855. The molecule has 1 saturated carbocycles. The second kappa shape index (κ2) is 5.44. The molecule has 2 atom stereocenters. The molecule has 1 saturated heterocycles. The number of carbonyl (C=O) groups is 1. The number of piperidine rings is 1. The van der Waals surface area contributed by atoms with E-state index in [2.05, 4.69) is 4.72 Å². The van der Waals surface area contributed by atoms with Crippen LogP contribution >= 0.6 is 0 Å². The summed E-state index contributed by atoms with van der Waals surface area (Å²) in [5.41, 5.74) is 0.145. The van der Waals surface area contributed by atoms with Crippen molar-refractivity contribution in [3.63, 3.8) is 0 Å². The predicted molar refractivity (Wildman–Crippen MR) is 80.3 cm³/mol. The Bertz CT molecular complexity index is 703. The average molecular weight is 326 g/mol. The summed E-state index contributed by atoms with van der Waals surface area (Å²) < 4.78 is 34.2. The third-order valence-corrected chi connectivity index (χ3v) is 5.90. The number of hydrogen-bond acceptors (Lipinski definition) is 4. The Hall–Kier alpha value is -1.80. The molecule has 0 unspecified atom stereocenters. The zero-order chi connectivity index (χ0) is 15.9. The molecule has 7 nitrogen and oxygen atoms in total. The fourth-order valence-corrected chi connectivity index (χ4v) is 4.84. The topological polar surface area (TPSA) is 95.9 Å². The van der Waals surface area contributed by atoms with E-state index >= 15 is 0 Å². The molecule has 1 aromatic rings. The van der Waals surface area contributed by atoms with Crippen LogP contribution in [-0.2, 0) is 10.2 Å². The first-order valence-corrected chi connectivity index (χ1v) is 8.55. The maximum atomic E-state index is 12.6. The number of carboxylic acid groups (broad SMARTS) is 1. The van der Waals surface area contributed by atoms with Gasteiger partial charge in [0.15, 0.2) is 0 Å². The van der Waals surface area contributed by atoms with Gasteiger partial charge in [0.05, 0.1) is 18.4 Å². The lowest BCUT2D eigenvalue weighted by atomic mass is 10.1. The number of benzene rings is 1. The van der Waals surface area contributed by atoms with Crippen LogP contribution in [0, 0.1) is 5.92 Å². The summed E-state index contributed by atoms with van der Waals surface area (Å²) in [4.78, 5) is 11.1. The van der Waals surface area contributed by atoms with E-state index in [4.69, 9.17) is 9.84 Å². The lowest BCUT2D eigenvalue weighted by Crippen LogP contribution is -2.41. The molecule has 2 bridgehead atoms. The predicted octanol–water partition coefficient (Wildman–Crippen LogP) is 1.53. The van der Waals surface area contributed by atoms with E-state index in [9.17, 15) is 13.2 Å². The number of methoxy groups -OCH3 is 1. The molecule has 0 amide bonds. The molecular weight excluding hydrogens is 308 g/mol. The highest BCUT2D eigenvalue weighted by Crippen LogP contribution is 2.39. The summed E-state index contributed by atoms with van der Waals surface area (Å²) >= 11 is 0. The molecule has 0 spiro atoms. The summed E-state index contributed by atoms with van der Waals surface area (Å²) in [5, 5.41) is 9.04. The van der Waals surface area contributed by atoms with Crippen LogP contribution in [0.25, 0.3) is 0 Å². The number of nitrogens with zero attached hydrogens (tertiary/aromatic N) is 1. The molecule has 22 heavy (non-hydrogen) atoms. The van der Waals surface area contributed by atoms with Crippen molar-refractivity contribution in [3.05, 3.63) is 23.8 Å². The highest BCUT2D eigenvalue weighted by Gasteiger charge is 2.44. The van der Waals surface area contributed by atoms with Crippen LogP contribution in [0.15, 0.2) is 18.2 Å². The van der Waals surface area contributed by atoms with Crippen LogP contribution in [0.1, 0.15) is 29.6 Å². The Morgan fingerprint density at radius 2 is 2.18 bits per heavy atom. The van der Waals surface area contributed by atoms with Gasteiger partial charge in [-0.2, -0.15) is 12.7 Å². The van der Waals surface area contributed by atoms with E-state index in [1.54, 1.807) is 0 Å². The Kier molecular flexibility index (Phi) is 3.73. The molecule has 0 aromatic heterocycles. The molecule has 8 heteroatoms. The highest BCUT2D eigenvalue weighted by molar-refractivity contribution is 7.90. The standard InChI is InChI=1S/C14H18N2O5S/c1-21-13-5-3-10(14(17)18)7-12(13)15-22(19,20)16-8-9-2-4-11(16)6-9/h3,5,7,9,11,15H,2,4,6,8H2,1H3,(H,17,18)/t9-,11-/m0/s1. The van der Waals surface area contributed by atoms with E-state index in [-0.39, 0.29) is 23.0 Å². The van der Waals surface area contributed by atoms with Gasteiger partial charge in [-0.1, -0.05) is 0 Å². The summed E-state index contributed by atoms with van der Waals surface area (Å²) in [7, 11) is -2.30. The minimum atomic E-state index is -3.71. The molecule has 1 aliphatic heterocycles. The van der Waals surface area contributed by atoms with Gasteiger partial charge in [0.25, 0.3) is 0 Å². The van der Waals surface area contributed by atoms with E-state index < -0.39 is 16.2 Å². The number of rotatable bonds is 5. The SMILES string of the molecule is COc1ccc(C(=O)O)cc1NS(=O)(=O)N1C[C@H]2CC[C@H]1C2. The Morgan fingerprint density at radius 3 is 2.73 bits per heavy atom. The van der Waals surface area contributed by atoms with Crippen LogP contribution in [0.2, 0.25) is 0 Å². The molecule has 1 aromatic carbocycles. The molecular formula is C14H18N2O5S.